The number of fused-ring (bicyclic) bond motifs is 1. The van der Waals surface area contributed by atoms with Crippen molar-refractivity contribution in [3.63, 3.8) is 0 Å². The van der Waals surface area contributed by atoms with Gasteiger partial charge in [0, 0.05) is 60.6 Å². The number of aromatic nitrogens is 2. The number of hydrogen-bond acceptors (Lipinski definition) is 4. The van der Waals surface area contributed by atoms with Crippen LogP contribution in [-0.2, 0) is 17.8 Å². The zero-order chi connectivity index (χ0) is 21.2. The lowest BCUT2D eigenvalue weighted by Crippen LogP contribution is -2.48. The largest absolute Gasteiger partial charge is 0.340 e. The molecule has 158 valence electrons. The van der Waals surface area contributed by atoms with Gasteiger partial charge in [0.15, 0.2) is 4.96 Å². The van der Waals surface area contributed by atoms with Crippen LogP contribution in [0.25, 0.3) is 16.2 Å². The predicted molar refractivity (Wildman–Crippen MR) is 126 cm³/mol. The van der Waals surface area contributed by atoms with Gasteiger partial charge in [-0.25, -0.2) is 4.98 Å². The Balaban J connectivity index is 1.22. The molecular weight excluding hydrogens is 428 g/mol. The normalized spacial score (nSPS) is 14.9. The number of hydrogen-bond donors (Lipinski definition) is 0. The van der Waals surface area contributed by atoms with E-state index in [2.05, 4.69) is 29.2 Å². The minimum Gasteiger partial charge on any atom is -0.340 e. The van der Waals surface area contributed by atoms with Gasteiger partial charge in [0.25, 0.3) is 0 Å². The Hall–Kier alpha value is -2.67. The average molecular weight is 451 g/mol. The molecule has 1 amide bonds. The summed E-state index contributed by atoms with van der Waals surface area (Å²) in [5.41, 5.74) is 4.22. The minimum atomic E-state index is 0.181. The van der Waals surface area contributed by atoms with Crippen molar-refractivity contribution in [3.05, 3.63) is 82.5 Å². The summed E-state index contributed by atoms with van der Waals surface area (Å²) in [5.74, 6) is 0.181. The summed E-state index contributed by atoms with van der Waals surface area (Å²) in [6.45, 7) is 4.31. The van der Waals surface area contributed by atoms with E-state index in [4.69, 9.17) is 16.6 Å². The molecule has 2 aromatic carbocycles. The Kier molecular flexibility index (Phi) is 5.76. The molecule has 0 spiro atoms. The highest BCUT2D eigenvalue weighted by Crippen LogP contribution is 2.25. The summed E-state index contributed by atoms with van der Waals surface area (Å²) < 4.78 is 2.04. The molecule has 2 aromatic heterocycles. The van der Waals surface area contributed by atoms with Gasteiger partial charge in [-0.1, -0.05) is 54.1 Å². The fourth-order valence-corrected chi connectivity index (χ4v) is 4.98. The van der Waals surface area contributed by atoms with Crippen LogP contribution >= 0.6 is 22.9 Å². The lowest BCUT2D eigenvalue weighted by atomic mass is 10.2. The molecule has 0 saturated carbocycles. The predicted octanol–water partition coefficient (Wildman–Crippen LogP) is 4.60. The Labute approximate surface area is 190 Å². The summed E-state index contributed by atoms with van der Waals surface area (Å²) in [5, 5.41) is 2.75. The molecule has 0 unspecified atom stereocenters. The van der Waals surface area contributed by atoms with Gasteiger partial charge >= 0.3 is 0 Å². The molecule has 7 heteroatoms. The van der Waals surface area contributed by atoms with E-state index in [0.717, 1.165) is 54.6 Å². The molecule has 1 saturated heterocycles. The lowest BCUT2D eigenvalue weighted by molar-refractivity contribution is -0.132. The van der Waals surface area contributed by atoms with Crippen LogP contribution in [0.1, 0.15) is 11.3 Å². The van der Waals surface area contributed by atoms with Crippen molar-refractivity contribution in [1.82, 2.24) is 19.2 Å². The summed E-state index contributed by atoms with van der Waals surface area (Å²) in [4.78, 5) is 23.0. The number of piperazine rings is 1. The summed E-state index contributed by atoms with van der Waals surface area (Å²) in [6, 6.07) is 18.2. The maximum atomic E-state index is 13.0. The van der Waals surface area contributed by atoms with Crippen molar-refractivity contribution in [3.8, 4) is 11.3 Å². The van der Waals surface area contributed by atoms with E-state index in [1.54, 1.807) is 11.3 Å². The zero-order valence-electron chi connectivity index (χ0n) is 17.1. The van der Waals surface area contributed by atoms with Crippen molar-refractivity contribution in [2.75, 3.05) is 26.2 Å². The first kappa shape index (κ1) is 20.2. The highest BCUT2D eigenvalue weighted by atomic mass is 35.5. The smallest absolute Gasteiger partial charge is 0.228 e. The van der Waals surface area contributed by atoms with Crippen LogP contribution in [0.15, 0.2) is 66.2 Å². The molecule has 31 heavy (non-hydrogen) atoms. The Morgan fingerprint density at radius 1 is 1.00 bits per heavy atom. The van der Waals surface area contributed by atoms with Crippen LogP contribution < -0.4 is 0 Å². The van der Waals surface area contributed by atoms with E-state index in [1.807, 2.05) is 51.2 Å². The first-order valence-electron chi connectivity index (χ1n) is 10.4. The number of thiazole rings is 1. The third-order valence-corrected chi connectivity index (χ3v) is 6.87. The molecule has 4 aromatic rings. The first-order chi connectivity index (χ1) is 15.2. The fourth-order valence-electron chi connectivity index (χ4n) is 3.98. The molecule has 1 aliphatic rings. The topological polar surface area (TPSA) is 40.9 Å². The van der Waals surface area contributed by atoms with Crippen molar-refractivity contribution < 1.29 is 4.79 Å². The second kappa shape index (κ2) is 8.83. The number of halogens is 1. The van der Waals surface area contributed by atoms with E-state index in [0.29, 0.717) is 11.4 Å². The maximum Gasteiger partial charge on any atom is 0.228 e. The molecule has 0 aliphatic carbocycles. The molecule has 0 bridgehead atoms. The van der Waals surface area contributed by atoms with Gasteiger partial charge in [-0.3, -0.25) is 14.1 Å². The number of nitrogens with zero attached hydrogens (tertiary/aromatic N) is 4. The monoisotopic (exact) mass is 450 g/mol. The van der Waals surface area contributed by atoms with Gasteiger partial charge < -0.3 is 4.90 Å². The molecule has 0 radical (unpaired) electrons. The second-order valence-corrected chi connectivity index (χ2v) is 9.10. The van der Waals surface area contributed by atoms with Gasteiger partial charge in [0.1, 0.15) is 0 Å². The molecule has 5 nitrogen and oxygen atoms in total. The quantitative estimate of drug-likeness (QED) is 0.446. The number of rotatable bonds is 5. The van der Waals surface area contributed by atoms with E-state index >= 15 is 0 Å². The van der Waals surface area contributed by atoms with Gasteiger partial charge in [-0.15, -0.1) is 11.3 Å². The van der Waals surface area contributed by atoms with E-state index in [-0.39, 0.29) is 5.91 Å². The number of imidazole rings is 1. The van der Waals surface area contributed by atoms with Crippen molar-refractivity contribution in [2.24, 2.45) is 0 Å². The summed E-state index contributed by atoms with van der Waals surface area (Å²) in [7, 11) is 0. The van der Waals surface area contributed by atoms with E-state index in [9.17, 15) is 4.79 Å². The van der Waals surface area contributed by atoms with Gasteiger partial charge in [-0.2, -0.15) is 0 Å². The Morgan fingerprint density at radius 2 is 1.74 bits per heavy atom. The molecule has 5 rings (SSSR count). The molecular formula is C24H23ClN4OS. The van der Waals surface area contributed by atoms with E-state index < -0.39 is 0 Å². The zero-order valence-corrected chi connectivity index (χ0v) is 18.6. The minimum absolute atomic E-state index is 0.181. The third kappa shape index (κ3) is 4.51. The van der Waals surface area contributed by atoms with Crippen molar-refractivity contribution in [1.29, 1.82) is 0 Å². The van der Waals surface area contributed by atoms with Crippen LogP contribution in [0.3, 0.4) is 0 Å². The molecule has 1 aliphatic heterocycles. The second-order valence-electron chi connectivity index (χ2n) is 7.83. The van der Waals surface area contributed by atoms with Crippen LogP contribution in [0.4, 0.5) is 0 Å². The van der Waals surface area contributed by atoms with Crippen LogP contribution in [0, 0.1) is 0 Å². The molecule has 1 fully saturated rings. The first-order valence-corrected chi connectivity index (χ1v) is 11.7. The van der Waals surface area contributed by atoms with Crippen molar-refractivity contribution in [2.45, 2.75) is 13.0 Å². The number of amides is 1. The van der Waals surface area contributed by atoms with Gasteiger partial charge in [0.05, 0.1) is 12.1 Å². The van der Waals surface area contributed by atoms with Gasteiger partial charge in [-0.05, 0) is 17.7 Å². The highest BCUT2D eigenvalue weighted by Gasteiger charge is 2.22. The number of carbonyl (C=O) groups excluding carboxylic acids is 1. The van der Waals surface area contributed by atoms with Crippen LogP contribution in [0.2, 0.25) is 5.02 Å². The summed E-state index contributed by atoms with van der Waals surface area (Å²) >= 11 is 7.56. The Morgan fingerprint density at radius 3 is 2.48 bits per heavy atom. The van der Waals surface area contributed by atoms with E-state index in [1.165, 1.54) is 5.56 Å². The number of benzene rings is 2. The fraction of sp³-hybridized carbons (Fsp3) is 0.250. The third-order valence-electron chi connectivity index (χ3n) is 5.73. The lowest BCUT2D eigenvalue weighted by Gasteiger charge is -2.34. The number of carbonyl (C=O) groups is 1. The van der Waals surface area contributed by atoms with Crippen LogP contribution in [-0.4, -0.2) is 51.3 Å². The molecule has 0 atom stereocenters. The standard InChI is InChI=1S/C24H23ClN4OS/c25-20-8-6-19(7-9-20)22-16-29-21(17-31-24(29)26-22)14-23(30)28-12-10-27(11-13-28)15-18-4-2-1-3-5-18/h1-9,16-17H,10-15H2. The SMILES string of the molecule is O=C(Cc1csc2nc(-c3ccc(Cl)cc3)cn12)N1CCN(Cc2ccccc2)CC1. The molecule has 0 N–H and O–H groups in total. The average Bonchev–Trinajstić information content (AvgIpc) is 3.37. The maximum absolute atomic E-state index is 13.0. The van der Waals surface area contributed by atoms with Gasteiger partial charge in [0.2, 0.25) is 5.91 Å². The molecule has 3 heterocycles. The summed E-state index contributed by atoms with van der Waals surface area (Å²) in [6.07, 6.45) is 2.41. The van der Waals surface area contributed by atoms with Crippen molar-refractivity contribution >= 4 is 33.8 Å². The Bertz CT molecular complexity index is 1180. The highest BCUT2D eigenvalue weighted by molar-refractivity contribution is 7.15. The van der Waals surface area contributed by atoms with Crippen LogP contribution in [0.5, 0.6) is 0 Å².